The highest BCUT2D eigenvalue weighted by Gasteiger charge is 2.42. The van der Waals surface area contributed by atoms with E-state index in [1.807, 2.05) is 12.3 Å². The zero-order valence-electron chi connectivity index (χ0n) is 10.3. The Labute approximate surface area is 112 Å². The molecule has 0 aliphatic heterocycles. The summed E-state index contributed by atoms with van der Waals surface area (Å²) >= 11 is 0. The molecule has 3 aromatic heterocycles. The quantitative estimate of drug-likeness (QED) is 0.738. The van der Waals surface area contributed by atoms with E-state index in [-0.39, 0.29) is 0 Å². The fourth-order valence-corrected chi connectivity index (χ4v) is 2.24. The van der Waals surface area contributed by atoms with Crippen molar-refractivity contribution in [1.29, 1.82) is 0 Å². The maximum atomic E-state index is 14.2. The molecular weight excluding hydrogens is 266 g/mol. The number of nitrogens with zero attached hydrogens (tertiary/aromatic N) is 4. The Hall–Kier alpha value is -2.31. The van der Waals surface area contributed by atoms with Crippen molar-refractivity contribution in [3.63, 3.8) is 0 Å². The van der Waals surface area contributed by atoms with Crippen LogP contribution in [0.4, 0.5) is 8.78 Å². The van der Waals surface area contributed by atoms with E-state index in [0.717, 1.165) is 24.8 Å². The topological polar surface area (TPSA) is 56.2 Å². The van der Waals surface area contributed by atoms with Gasteiger partial charge in [-0.05, 0) is 30.4 Å². The van der Waals surface area contributed by atoms with E-state index in [4.69, 9.17) is 0 Å². The van der Waals surface area contributed by atoms with Gasteiger partial charge < -0.3 is 8.82 Å². The molecule has 3 heterocycles. The van der Waals surface area contributed by atoms with Crippen LogP contribution in [-0.2, 0) is 5.92 Å². The third kappa shape index (κ3) is 1.70. The number of hydrogen-bond donors (Lipinski definition) is 0. The molecule has 7 heteroatoms. The Morgan fingerprint density at radius 2 is 2.10 bits per heavy atom. The zero-order valence-corrected chi connectivity index (χ0v) is 10.3. The van der Waals surface area contributed by atoms with Crippen LogP contribution < -0.4 is 0 Å². The van der Waals surface area contributed by atoms with Gasteiger partial charge in [0, 0.05) is 12.4 Å². The molecule has 0 radical (unpaired) electrons. The van der Waals surface area contributed by atoms with Crippen molar-refractivity contribution in [2.75, 3.05) is 0 Å². The number of fused-ring (bicyclic) bond motifs is 1. The summed E-state index contributed by atoms with van der Waals surface area (Å²) in [5.74, 6) is -3.58. The smallest absolute Gasteiger partial charge is 0.367 e. The minimum atomic E-state index is -3.39. The van der Waals surface area contributed by atoms with Gasteiger partial charge in [0.25, 0.3) is 5.89 Å². The summed E-state index contributed by atoms with van der Waals surface area (Å²) in [4.78, 5) is 3.95. The predicted octanol–water partition coefficient (Wildman–Crippen LogP) is 2.73. The largest absolute Gasteiger partial charge is 0.422 e. The molecule has 20 heavy (non-hydrogen) atoms. The summed E-state index contributed by atoms with van der Waals surface area (Å²) < 4.78 is 34.5. The van der Waals surface area contributed by atoms with Crippen molar-refractivity contribution in [2.45, 2.75) is 24.7 Å². The standard InChI is InChI=1S/C13H10F2N4O/c14-13(15,12-18-16-7-20-12)10-6-19-5-9(8-1-2-8)3-4-11(19)17-10/h3-8H,1-2H2. The molecule has 1 saturated carbocycles. The maximum absolute atomic E-state index is 14.2. The summed E-state index contributed by atoms with van der Waals surface area (Å²) in [5, 5.41) is 6.56. The predicted molar refractivity (Wildman–Crippen MR) is 64.5 cm³/mol. The van der Waals surface area contributed by atoms with Gasteiger partial charge in [0.2, 0.25) is 6.39 Å². The van der Waals surface area contributed by atoms with E-state index >= 15 is 0 Å². The second-order valence-corrected chi connectivity index (χ2v) is 4.95. The first-order valence-electron chi connectivity index (χ1n) is 6.28. The molecule has 1 aliphatic carbocycles. The van der Waals surface area contributed by atoms with E-state index in [1.165, 1.54) is 6.20 Å². The summed E-state index contributed by atoms with van der Waals surface area (Å²) in [6.45, 7) is 0. The van der Waals surface area contributed by atoms with Crippen LogP contribution in [0.1, 0.15) is 35.9 Å². The van der Waals surface area contributed by atoms with Crippen molar-refractivity contribution in [3.8, 4) is 0 Å². The number of aromatic nitrogens is 4. The van der Waals surface area contributed by atoms with Gasteiger partial charge in [-0.25, -0.2) is 4.98 Å². The average molecular weight is 276 g/mol. The van der Waals surface area contributed by atoms with E-state index in [9.17, 15) is 8.78 Å². The molecule has 0 saturated heterocycles. The fraction of sp³-hybridized carbons (Fsp3) is 0.308. The van der Waals surface area contributed by atoms with Gasteiger partial charge in [0.15, 0.2) is 0 Å². The van der Waals surface area contributed by atoms with E-state index < -0.39 is 17.5 Å². The van der Waals surface area contributed by atoms with Crippen molar-refractivity contribution in [2.24, 2.45) is 0 Å². The van der Waals surface area contributed by atoms with Crippen LogP contribution in [0, 0.1) is 0 Å². The fourth-order valence-electron chi connectivity index (χ4n) is 2.24. The molecule has 4 rings (SSSR count). The Bertz CT molecular complexity index is 762. The number of imidazole rings is 1. The summed E-state index contributed by atoms with van der Waals surface area (Å²) in [5.41, 5.74) is 1.24. The van der Waals surface area contributed by atoms with Crippen molar-refractivity contribution in [3.05, 3.63) is 48.1 Å². The van der Waals surface area contributed by atoms with Crippen LogP contribution in [0.15, 0.2) is 35.3 Å². The Morgan fingerprint density at radius 3 is 2.80 bits per heavy atom. The number of halogens is 2. The average Bonchev–Trinajstić information content (AvgIpc) is 2.98. The first kappa shape index (κ1) is 11.5. The molecule has 0 unspecified atom stereocenters. The lowest BCUT2D eigenvalue weighted by Gasteiger charge is -2.07. The minimum absolute atomic E-state index is 0.394. The Morgan fingerprint density at radius 1 is 1.25 bits per heavy atom. The second-order valence-electron chi connectivity index (χ2n) is 4.95. The highest BCUT2D eigenvalue weighted by atomic mass is 19.3. The molecular formula is C13H10F2N4O. The summed E-state index contributed by atoms with van der Waals surface area (Å²) in [6.07, 6.45) is 6.36. The lowest BCUT2D eigenvalue weighted by Crippen LogP contribution is -2.16. The van der Waals surface area contributed by atoms with Crippen LogP contribution in [-0.4, -0.2) is 19.6 Å². The zero-order chi connectivity index (χ0) is 13.7. The lowest BCUT2D eigenvalue weighted by atomic mass is 10.2. The molecule has 1 aliphatic rings. The van der Waals surface area contributed by atoms with Gasteiger partial charge in [0.05, 0.1) is 0 Å². The second kappa shape index (κ2) is 3.84. The highest BCUT2D eigenvalue weighted by molar-refractivity contribution is 5.44. The summed E-state index contributed by atoms with van der Waals surface area (Å²) in [7, 11) is 0. The number of pyridine rings is 1. The molecule has 0 amide bonds. The Kier molecular flexibility index (Phi) is 2.21. The molecule has 0 spiro atoms. The van der Waals surface area contributed by atoms with Crippen LogP contribution >= 0.6 is 0 Å². The van der Waals surface area contributed by atoms with E-state index in [2.05, 4.69) is 19.6 Å². The lowest BCUT2D eigenvalue weighted by molar-refractivity contribution is 0.00908. The van der Waals surface area contributed by atoms with Gasteiger partial charge >= 0.3 is 5.92 Å². The van der Waals surface area contributed by atoms with Crippen LogP contribution in [0.2, 0.25) is 0 Å². The van der Waals surface area contributed by atoms with Gasteiger partial charge in [-0.2, -0.15) is 8.78 Å². The number of hydrogen-bond acceptors (Lipinski definition) is 4. The molecule has 5 nitrogen and oxygen atoms in total. The SMILES string of the molecule is FC(F)(c1cn2cc(C3CC3)ccc2n1)c1nnco1. The Balaban J connectivity index is 1.80. The van der Waals surface area contributed by atoms with Crippen molar-refractivity contribution < 1.29 is 13.2 Å². The molecule has 0 N–H and O–H groups in total. The molecule has 0 bridgehead atoms. The van der Waals surface area contributed by atoms with Gasteiger partial charge in [-0.15, -0.1) is 10.2 Å². The molecule has 1 fully saturated rings. The third-order valence-corrected chi connectivity index (χ3v) is 3.47. The maximum Gasteiger partial charge on any atom is 0.367 e. The van der Waals surface area contributed by atoms with E-state index in [0.29, 0.717) is 11.6 Å². The normalized spacial score (nSPS) is 15.9. The van der Waals surface area contributed by atoms with Crippen LogP contribution in [0.25, 0.3) is 5.65 Å². The van der Waals surface area contributed by atoms with Crippen LogP contribution in [0.5, 0.6) is 0 Å². The summed E-state index contributed by atoms with van der Waals surface area (Å²) in [6, 6.07) is 3.69. The minimum Gasteiger partial charge on any atom is -0.422 e. The van der Waals surface area contributed by atoms with Crippen molar-refractivity contribution in [1.82, 2.24) is 19.6 Å². The van der Waals surface area contributed by atoms with Gasteiger partial charge in [-0.1, -0.05) is 6.07 Å². The molecule has 0 aromatic carbocycles. The monoisotopic (exact) mass is 276 g/mol. The molecule has 3 aromatic rings. The first-order chi connectivity index (χ1) is 9.64. The first-order valence-corrected chi connectivity index (χ1v) is 6.28. The van der Waals surface area contributed by atoms with Crippen LogP contribution in [0.3, 0.4) is 0 Å². The third-order valence-electron chi connectivity index (χ3n) is 3.47. The molecule has 0 atom stereocenters. The van der Waals surface area contributed by atoms with Gasteiger partial charge in [-0.3, -0.25) is 0 Å². The number of alkyl halides is 2. The molecule has 102 valence electrons. The van der Waals surface area contributed by atoms with Gasteiger partial charge in [0.1, 0.15) is 11.3 Å². The number of rotatable bonds is 3. The van der Waals surface area contributed by atoms with Crippen molar-refractivity contribution >= 4 is 5.65 Å². The highest BCUT2D eigenvalue weighted by Crippen LogP contribution is 2.40. The van der Waals surface area contributed by atoms with E-state index in [1.54, 1.807) is 10.5 Å².